The zero-order chi connectivity index (χ0) is 11.0. The van der Waals surface area contributed by atoms with Crippen LogP contribution >= 0.6 is 0 Å². The van der Waals surface area contributed by atoms with Gasteiger partial charge in [-0.3, -0.25) is 0 Å². The Hall–Kier alpha value is -0.0400. The fourth-order valence-electron chi connectivity index (χ4n) is 1.72. The van der Waals surface area contributed by atoms with Gasteiger partial charge in [-0.1, -0.05) is 33.1 Å². The maximum absolute atomic E-state index is 2.40. The van der Waals surface area contributed by atoms with Gasteiger partial charge < -0.3 is 4.48 Å². The third kappa shape index (κ3) is 7.37. The molecule has 0 aromatic carbocycles. The Labute approximate surface area is 91.1 Å². The van der Waals surface area contributed by atoms with E-state index in [1.807, 2.05) is 0 Å². The van der Waals surface area contributed by atoms with Crippen molar-refractivity contribution in [2.75, 3.05) is 27.2 Å². The molecule has 0 bridgehead atoms. The lowest BCUT2D eigenvalue weighted by Gasteiger charge is -2.28. The summed E-state index contributed by atoms with van der Waals surface area (Å²) >= 11 is 0. The van der Waals surface area contributed by atoms with Crippen molar-refractivity contribution in [2.45, 2.75) is 52.9 Å². The summed E-state index contributed by atoms with van der Waals surface area (Å²) in [6.07, 6.45) is 7.00. The van der Waals surface area contributed by atoms with Crippen LogP contribution in [0.15, 0.2) is 0 Å². The topological polar surface area (TPSA) is 0 Å². The monoisotopic (exact) mass is 200 g/mol. The van der Waals surface area contributed by atoms with Crippen LogP contribution in [0.4, 0.5) is 0 Å². The van der Waals surface area contributed by atoms with Gasteiger partial charge in [-0.25, -0.2) is 0 Å². The van der Waals surface area contributed by atoms with Crippen LogP contribution in [0.1, 0.15) is 52.9 Å². The van der Waals surface area contributed by atoms with Crippen molar-refractivity contribution in [1.82, 2.24) is 0 Å². The van der Waals surface area contributed by atoms with Crippen molar-refractivity contribution in [1.29, 1.82) is 0 Å². The van der Waals surface area contributed by atoms with Gasteiger partial charge in [-0.05, 0) is 25.7 Å². The number of rotatable bonds is 8. The number of hydrogen-bond acceptors (Lipinski definition) is 0. The molecular weight excluding hydrogens is 170 g/mol. The summed E-state index contributed by atoms with van der Waals surface area (Å²) in [5.41, 5.74) is 0. The molecule has 0 heterocycles. The first-order valence-corrected chi connectivity index (χ1v) is 6.33. The highest BCUT2D eigenvalue weighted by Crippen LogP contribution is 2.14. The Morgan fingerprint density at radius 2 is 1.57 bits per heavy atom. The second-order valence-electron chi connectivity index (χ2n) is 5.37. The van der Waals surface area contributed by atoms with Crippen LogP contribution in [-0.2, 0) is 0 Å². The molecule has 0 spiro atoms. The number of hydrogen-bond donors (Lipinski definition) is 0. The van der Waals surface area contributed by atoms with Gasteiger partial charge in [0.2, 0.25) is 0 Å². The van der Waals surface area contributed by atoms with Gasteiger partial charge in [0.25, 0.3) is 0 Å². The molecular formula is C13H30N+. The van der Waals surface area contributed by atoms with E-state index in [-0.39, 0.29) is 0 Å². The standard InChI is InChI=1S/C13H30N/c1-6-8-10-13(3)11-9-12-14(4,5)7-2/h13H,6-12H2,1-5H3/q+1. The van der Waals surface area contributed by atoms with Gasteiger partial charge in [0, 0.05) is 0 Å². The van der Waals surface area contributed by atoms with Crippen molar-refractivity contribution >= 4 is 0 Å². The van der Waals surface area contributed by atoms with E-state index in [1.165, 1.54) is 49.7 Å². The van der Waals surface area contributed by atoms with Gasteiger partial charge in [-0.15, -0.1) is 0 Å². The average molecular weight is 200 g/mol. The summed E-state index contributed by atoms with van der Waals surface area (Å²) in [6, 6.07) is 0. The van der Waals surface area contributed by atoms with Crippen LogP contribution < -0.4 is 0 Å². The maximum Gasteiger partial charge on any atom is 0.0782 e. The highest BCUT2D eigenvalue weighted by atomic mass is 15.3. The summed E-state index contributed by atoms with van der Waals surface area (Å²) < 4.78 is 1.18. The smallest absolute Gasteiger partial charge is 0.0782 e. The maximum atomic E-state index is 2.40. The molecule has 0 aliphatic rings. The van der Waals surface area contributed by atoms with E-state index in [4.69, 9.17) is 0 Å². The molecule has 0 saturated heterocycles. The SMILES string of the molecule is CCCCC(C)CCC[N+](C)(C)CC. The van der Waals surface area contributed by atoms with Crippen molar-refractivity contribution < 1.29 is 4.48 Å². The first-order valence-electron chi connectivity index (χ1n) is 6.33. The average Bonchev–Trinajstić information content (AvgIpc) is 2.14. The largest absolute Gasteiger partial charge is 0.329 e. The molecule has 0 amide bonds. The molecule has 0 aromatic rings. The molecule has 0 N–H and O–H groups in total. The molecule has 0 saturated carbocycles. The molecule has 0 radical (unpaired) electrons. The van der Waals surface area contributed by atoms with E-state index >= 15 is 0 Å². The summed E-state index contributed by atoms with van der Waals surface area (Å²) in [6.45, 7) is 9.56. The molecule has 1 heteroatoms. The molecule has 0 fully saturated rings. The molecule has 14 heavy (non-hydrogen) atoms. The zero-order valence-electron chi connectivity index (χ0n) is 11.0. The molecule has 86 valence electrons. The van der Waals surface area contributed by atoms with Crippen molar-refractivity contribution in [3.63, 3.8) is 0 Å². The highest BCUT2D eigenvalue weighted by Gasteiger charge is 2.11. The molecule has 0 aliphatic heterocycles. The summed E-state index contributed by atoms with van der Waals surface area (Å²) in [5.74, 6) is 0.937. The molecule has 0 aliphatic carbocycles. The predicted molar refractivity (Wildman–Crippen MR) is 65.4 cm³/mol. The van der Waals surface area contributed by atoms with Crippen LogP contribution in [0.5, 0.6) is 0 Å². The van der Waals surface area contributed by atoms with Gasteiger partial charge >= 0.3 is 0 Å². The van der Waals surface area contributed by atoms with E-state index in [1.54, 1.807) is 0 Å². The minimum absolute atomic E-state index is 0.937. The van der Waals surface area contributed by atoms with Crippen molar-refractivity contribution in [2.24, 2.45) is 5.92 Å². The highest BCUT2D eigenvalue weighted by molar-refractivity contribution is 4.53. The third-order valence-electron chi connectivity index (χ3n) is 3.37. The van der Waals surface area contributed by atoms with E-state index in [0.29, 0.717) is 0 Å². The first-order chi connectivity index (χ1) is 6.52. The van der Waals surface area contributed by atoms with Crippen LogP contribution in [0, 0.1) is 5.92 Å². The minimum atomic E-state index is 0.937. The molecule has 1 nitrogen and oxygen atoms in total. The summed E-state index contributed by atoms with van der Waals surface area (Å²) in [4.78, 5) is 0. The van der Waals surface area contributed by atoms with Gasteiger partial charge in [0.15, 0.2) is 0 Å². The molecule has 1 unspecified atom stereocenters. The second kappa shape index (κ2) is 7.28. The van der Waals surface area contributed by atoms with Gasteiger partial charge in [-0.2, -0.15) is 0 Å². The number of unbranched alkanes of at least 4 members (excludes halogenated alkanes) is 1. The van der Waals surface area contributed by atoms with E-state index in [2.05, 4.69) is 34.9 Å². The lowest BCUT2D eigenvalue weighted by Crippen LogP contribution is -2.40. The molecule has 0 rings (SSSR count). The first kappa shape index (κ1) is 14.0. The van der Waals surface area contributed by atoms with E-state index < -0.39 is 0 Å². The Morgan fingerprint density at radius 1 is 1.00 bits per heavy atom. The Morgan fingerprint density at radius 3 is 2.07 bits per heavy atom. The Kier molecular flexibility index (Phi) is 7.26. The number of nitrogens with zero attached hydrogens (tertiary/aromatic N) is 1. The van der Waals surface area contributed by atoms with Crippen LogP contribution in [0.25, 0.3) is 0 Å². The van der Waals surface area contributed by atoms with Crippen LogP contribution in [-0.4, -0.2) is 31.7 Å². The Balaban J connectivity index is 3.43. The fourth-order valence-corrected chi connectivity index (χ4v) is 1.72. The number of quaternary nitrogens is 1. The van der Waals surface area contributed by atoms with E-state index in [9.17, 15) is 0 Å². The summed E-state index contributed by atoms with van der Waals surface area (Å²) in [7, 11) is 4.66. The van der Waals surface area contributed by atoms with E-state index in [0.717, 1.165) is 5.92 Å². The molecule has 0 aromatic heterocycles. The third-order valence-corrected chi connectivity index (χ3v) is 3.37. The van der Waals surface area contributed by atoms with Gasteiger partial charge in [0.05, 0.1) is 27.2 Å². The van der Waals surface area contributed by atoms with Crippen LogP contribution in [0.2, 0.25) is 0 Å². The Bertz CT molecular complexity index is 129. The summed E-state index contributed by atoms with van der Waals surface area (Å²) in [5, 5.41) is 0. The van der Waals surface area contributed by atoms with Crippen molar-refractivity contribution in [3.05, 3.63) is 0 Å². The quantitative estimate of drug-likeness (QED) is 0.524. The minimum Gasteiger partial charge on any atom is -0.329 e. The second-order valence-corrected chi connectivity index (χ2v) is 5.37. The lowest BCUT2D eigenvalue weighted by molar-refractivity contribution is -0.888. The van der Waals surface area contributed by atoms with Crippen LogP contribution in [0.3, 0.4) is 0 Å². The predicted octanol–water partition coefficient (Wildman–Crippen LogP) is 3.69. The molecule has 1 atom stereocenters. The van der Waals surface area contributed by atoms with Gasteiger partial charge in [0.1, 0.15) is 0 Å². The zero-order valence-corrected chi connectivity index (χ0v) is 11.0. The lowest BCUT2D eigenvalue weighted by atomic mass is 9.99. The fraction of sp³-hybridized carbons (Fsp3) is 1.00. The normalized spacial score (nSPS) is 14.4. The van der Waals surface area contributed by atoms with Crippen molar-refractivity contribution in [3.8, 4) is 0 Å².